The van der Waals surface area contributed by atoms with E-state index in [4.69, 9.17) is 11.6 Å². The van der Waals surface area contributed by atoms with Crippen LogP contribution in [-0.2, 0) is 4.79 Å². The largest absolute Gasteiger partial charge is 0.342 e. The topological polar surface area (TPSA) is 33.2 Å². The molecule has 3 rings (SSSR count). The Morgan fingerprint density at radius 2 is 2.39 bits per heavy atom. The van der Waals surface area contributed by atoms with E-state index in [1.165, 1.54) is 0 Å². The number of likely N-dealkylation sites (tertiary alicyclic amines) is 1. The highest BCUT2D eigenvalue weighted by atomic mass is 35.5. The van der Waals surface area contributed by atoms with Crippen molar-refractivity contribution in [1.29, 1.82) is 0 Å². The van der Waals surface area contributed by atoms with E-state index in [9.17, 15) is 4.79 Å². The lowest BCUT2D eigenvalue weighted by atomic mass is 10.1. The molecule has 1 amide bonds. The average Bonchev–Trinajstić information content (AvgIpc) is 2.91. The molecule has 1 fully saturated rings. The van der Waals surface area contributed by atoms with Crippen LogP contribution < -0.4 is 0 Å². The Labute approximate surface area is 114 Å². The number of hydrogen-bond donors (Lipinski definition) is 0. The minimum absolute atomic E-state index is 0.0545. The molecule has 1 unspecified atom stereocenters. The molecule has 0 N–H and O–H groups in total. The smallest absolute Gasteiger partial charge is 0.232 e. The molecule has 0 bridgehead atoms. The predicted molar refractivity (Wildman–Crippen MR) is 74.2 cm³/mol. The number of halogens is 1. The molecule has 1 saturated heterocycles. The number of carbonyl (C=O) groups excluding carboxylic acids is 1. The van der Waals surface area contributed by atoms with Crippen LogP contribution in [0.25, 0.3) is 10.2 Å². The Hall–Kier alpha value is -1.13. The summed E-state index contributed by atoms with van der Waals surface area (Å²) >= 11 is 7.55. The van der Waals surface area contributed by atoms with Gasteiger partial charge in [0, 0.05) is 18.1 Å². The first-order chi connectivity index (χ1) is 8.69. The standard InChI is InChI=1S/C13H13ClN2OS/c1-2-16-6-5-9(13(16)17)12-15-10-4-3-8(14)7-11(10)18-12/h3-4,7,9H,2,5-6H2,1H3. The molecule has 1 aromatic carbocycles. The van der Waals surface area contributed by atoms with E-state index in [2.05, 4.69) is 4.98 Å². The summed E-state index contributed by atoms with van der Waals surface area (Å²) in [6.45, 7) is 3.64. The number of hydrogen-bond acceptors (Lipinski definition) is 3. The highest BCUT2D eigenvalue weighted by Crippen LogP contribution is 2.34. The van der Waals surface area contributed by atoms with Crippen LogP contribution >= 0.6 is 22.9 Å². The molecule has 0 radical (unpaired) electrons. The van der Waals surface area contributed by atoms with E-state index in [0.717, 1.165) is 34.7 Å². The van der Waals surface area contributed by atoms with Crippen LogP contribution in [0, 0.1) is 0 Å². The quantitative estimate of drug-likeness (QED) is 0.846. The van der Waals surface area contributed by atoms with Gasteiger partial charge in [-0.2, -0.15) is 0 Å². The summed E-state index contributed by atoms with van der Waals surface area (Å²) in [6.07, 6.45) is 0.875. The van der Waals surface area contributed by atoms with Gasteiger partial charge in [-0.25, -0.2) is 4.98 Å². The lowest BCUT2D eigenvalue weighted by Gasteiger charge is -2.12. The van der Waals surface area contributed by atoms with Crippen molar-refractivity contribution in [3.63, 3.8) is 0 Å². The van der Waals surface area contributed by atoms with Gasteiger partial charge in [-0.3, -0.25) is 4.79 Å². The molecule has 1 aliphatic rings. The lowest BCUT2D eigenvalue weighted by molar-refractivity contribution is -0.128. The Balaban J connectivity index is 1.98. The predicted octanol–water partition coefficient (Wildman–Crippen LogP) is 3.29. The van der Waals surface area contributed by atoms with Crippen LogP contribution in [-0.4, -0.2) is 28.9 Å². The maximum absolute atomic E-state index is 12.1. The van der Waals surface area contributed by atoms with Crippen LogP contribution in [0.15, 0.2) is 18.2 Å². The van der Waals surface area contributed by atoms with Crippen LogP contribution in [0.3, 0.4) is 0 Å². The minimum atomic E-state index is -0.0545. The van der Waals surface area contributed by atoms with E-state index in [1.807, 2.05) is 30.0 Å². The number of amides is 1. The maximum Gasteiger partial charge on any atom is 0.232 e. The zero-order valence-electron chi connectivity index (χ0n) is 10.0. The summed E-state index contributed by atoms with van der Waals surface area (Å²) in [5, 5.41) is 1.64. The molecule has 94 valence electrons. The van der Waals surface area contributed by atoms with Crippen LogP contribution in [0.2, 0.25) is 5.02 Å². The second kappa shape index (κ2) is 4.52. The average molecular weight is 281 g/mol. The molecule has 2 aromatic rings. The van der Waals surface area contributed by atoms with Crippen LogP contribution in [0.5, 0.6) is 0 Å². The van der Waals surface area contributed by atoms with Crippen LogP contribution in [0.4, 0.5) is 0 Å². The van der Waals surface area contributed by atoms with Gasteiger partial charge in [0.2, 0.25) is 5.91 Å². The number of thiazole rings is 1. The third-order valence-corrected chi connectivity index (χ3v) is 4.71. The molecular formula is C13H13ClN2OS. The third-order valence-electron chi connectivity index (χ3n) is 3.34. The van der Waals surface area contributed by atoms with Gasteiger partial charge in [-0.15, -0.1) is 11.3 Å². The first-order valence-corrected chi connectivity index (χ1v) is 7.23. The van der Waals surface area contributed by atoms with Gasteiger partial charge < -0.3 is 4.90 Å². The number of nitrogens with zero attached hydrogens (tertiary/aromatic N) is 2. The zero-order chi connectivity index (χ0) is 12.7. The first kappa shape index (κ1) is 11.9. The monoisotopic (exact) mass is 280 g/mol. The number of fused-ring (bicyclic) bond motifs is 1. The summed E-state index contributed by atoms with van der Waals surface area (Å²) in [7, 11) is 0. The van der Waals surface area contributed by atoms with Crippen molar-refractivity contribution < 1.29 is 4.79 Å². The summed E-state index contributed by atoms with van der Waals surface area (Å²) < 4.78 is 1.06. The molecule has 0 saturated carbocycles. The summed E-state index contributed by atoms with van der Waals surface area (Å²) in [5.41, 5.74) is 0.933. The minimum Gasteiger partial charge on any atom is -0.342 e. The first-order valence-electron chi connectivity index (χ1n) is 6.04. The maximum atomic E-state index is 12.1. The van der Waals surface area contributed by atoms with Gasteiger partial charge >= 0.3 is 0 Å². The molecule has 5 heteroatoms. The molecular weight excluding hydrogens is 268 g/mol. The Morgan fingerprint density at radius 1 is 1.56 bits per heavy atom. The van der Waals surface area contributed by atoms with Crippen molar-refractivity contribution in [1.82, 2.24) is 9.88 Å². The lowest BCUT2D eigenvalue weighted by Crippen LogP contribution is -2.26. The fraction of sp³-hybridized carbons (Fsp3) is 0.385. The third kappa shape index (κ3) is 1.89. The molecule has 2 heterocycles. The second-order valence-corrected chi connectivity index (χ2v) is 5.92. The van der Waals surface area contributed by atoms with Gasteiger partial charge in [-0.1, -0.05) is 11.6 Å². The number of aromatic nitrogens is 1. The number of likely N-dealkylation sites (N-methyl/N-ethyl adjacent to an activating group) is 1. The van der Waals surface area contributed by atoms with Crippen molar-refractivity contribution in [3.05, 3.63) is 28.2 Å². The van der Waals surface area contributed by atoms with Gasteiger partial charge in [0.05, 0.1) is 16.1 Å². The molecule has 3 nitrogen and oxygen atoms in total. The fourth-order valence-electron chi connectivity index (χ4n) is 2.35. The molecule has 1 aromatic heterocycles. The van der Waals surface area contributed by atoms with Crippen molar-refractivity contribution in [2.24, 2.45) is 0 Å². The van der Waals surface area contributed by atoms with Gasteiger partial charge in [-0.05, 0) is 31.5 Å². The van der Waals surface area contributed by atoms with Crippen molar-refractivity contribution in [2.45, 2.75) is 19.3 Å². The molecule has 1 aliphatic heterocycles. The summed E-state index contributed by atoms with van der Waals surface area (Å²) in [4.78, 5) is 18.6. The van der Waals surface area contributed by atoms with E-state index in [-0.39, 0.29) is 11.8 Å². The second-order valence-electron chi connectivity index (χ2n) is 4.42. The van der Waals surface area contributed by atoms with Crippen molar-refractivity contribution in [2.75, 3.05) is 13.1 Å². The number of carbonyl (C=O) groups is 1. The van der Waals surface area contributed by atoms with E-state index in [0.29, 0.717) is 5.02 Å². The SMILES string of the molecule is CCN1CCC(c2nc3ccc(Cl)cc3s2)C1=O. The normalized spacial score (nSPS) is 20.0. The van der Waals surface area contributed by atoms with E-state index in [1.54, 1.807) is 11.3 Å². The summed E-state index contributed by atoms with van der Waals surface area (Å²) in [6, 6.07) is 5.66. The van der Waals surface area contributed by atoms with Crippen molar-refractivity contribution in [3.8, 4) is 0 Å². The molecule has 0 aliphatic carbocycles. The van der Waals surface area contributed by atoms with Gasteiger partial charge in [0.25, 0.3) is 0 Å². The van der Waals surface area contributed by atoms with Crippen LogP contribution in [0.1, 0.15) is 24.3 Å². The Kier molecular flexibility index (Phi) is 2.99. The van der Waals surface area contributed by atoms with E-state index >= 15 is 0 Å². The molecule has 0 spiro atoms. The zero-order valence-corrected chi connectivity index (χ0v) is 11.6. The molecule has 1 atom stereocenters. The molecule has 18 heavy (non-hydrogen) atoms. The number of rotatable bonds is 2. The number of benzene rings is 1. The van der Waals surface area contributed by atoms with Gasteiger partial charge in [0.15, 0.2) is 0 Å². The Morgan fingerprint density at radius 3 is 3.11 bits per heavy atom. The van der Waals surface area contributed by atoms with Gasteiger partial charge in [0.1, 0.15) is 5.01 Å². The van der Waals surface area contributed by atoms with E-state index < -0.39 is 0 Å². The highest BCUT2D eigenvalue weighted by molar-refractivity contribution is 7.18. The van der Waals surface area contributed by atoms with Crippen molar-refractivity contribution >= 4 is 39.1 Å². The summed E-state index contributed by atoms with van der Waals surface area (Å²) in [5.74, 6) is 0.156. The Bertz CT molecular complexity index is 610. The fourth-order valence-corrected chi connectivity index (χ4v) is 3.72. The highest BCUT2D eigenvalue weighted by Gasteiger charge is 2.33.